The third-order valence-electron chi connectivity index (χ3n) is 2.43. The van der Waals surface area contributed by atoms with Crippen molar-refractivity contribution in [3.8, 4) is 0 Å². The third kappa shape index (κ3) is 1.80. The van der Waals surface area contributed by atoms with Crippen LogP contribution < -0.4 is 0 Å². The number of benzene rings is 2. The summed E-state index contributed by atoms with van der Waals surface area (Å²) in [4.78, 5) is 4.58. The van der Waals surface area contributed by atoms with E-state index in [9.17, 15) is 0 Å². The number of hydrogen-bond donors (Lipinski definition) is 0. The van der Waals surface area contributed by atoms with Crippen LogP contribution in [0.4, 0.5) is 0 Å². The van der Waals surface area contributed by atoms with Crippen molar-refractivity contribution in [3.05, 3.63) is 54.6 Å². The minimum Gasteiger partial charge on any atom is -0.248 e. The van der Waals surface area contributed by atoms with Gasteiger partial charge >= 0.3 is 0 Å². The quantitative estimate of drug-likeness (QED) is 0.550. The van der Waals surface area contributed by atoms with Crippen LogP contribution in [0.25, 0.3) is 21.8 Å². The van der Waals surface area contributed by atoms with Gasteiger partial charge < -0.3 is 0 Å². The molecule has 3 aromatic rings. The summed E-state index contributed by atoms with van der Waals surface area (Å²) in [6.07, 6.45) is 0. The summed E-state index contributed by atoms with van der Waals surface area (Å²) in [6.45, 7) is 0. The van der Waals surface area contributed by atoms with Crippen molar-refractivity contribution in [2.75, 3.05) is 0 Å². The van der Waals surface area contributed by atoms with E-state index in [1.807, 2.05) is 36.4 Å². The molecular weight excluding hydrogens is 365 g/mol. The predicted molar refractivity (Wildman–Crippen MR) is 59.2 cm³/mol. The van der Waals surface area contributed by atoms with E-state index < -0.39 is 0 Å². The van der Waals surface area contributed by atoms with E-state index in [1.54, 1.807) is 0 Å². The molecule has 1 nitrogen and oxygen atoms in total. The van der Waals surface area contributed by atoms with Gasteiger partial charge in [0.25, 0.3) is 0 Å². The fourth-order valence-corrected chi connectivity index (χ4v) is 1.72. The summed E-state index contributed by atoms with van der Waals surface area (Å²) in [7, 11) is 0. The molecule has 15 heavy (non-hydrogen) atoms. The molecular formula is C13H9NPt. The Kier molecular flexibility index (Phi) is 2.83. The molecule has 0 unspecified atom stereocenters. The van der Waals surface area contributed by atoms with Gasteiger partial charge in [-0.3, -0.25) is 0 Å². The van der Waals surface area contributed by atoms with E-state index in [0.717, 1.165) is 11.0 Å². The van der Waals surface area contributed by atoms with Gasteiger partial charge in [-0.2, -0.15) is 0 Å². The maximum Gasteiger partial charge on any atom is 0.0709 e. The van der Waals surface area contributed by atoms with Crippen molar-refractivity contribution < 1.29 is 21.1 Å². The molecule has 1 aromatic heterocycles. The van der Waals surface area contributed by atoms with Crippen molar-refractivity contribution >= 4 is 21.8 Å². The van der Waals surface area contributed by atoms with Crippen LogP contribution in [0.2, 0.25) is 0 Å². The van der Waals surface area contributed by atoms with E-state index in [0.29, 0.717) is 0 Å². The zero-order valence-corrected chi connectivity index (χ0v) is 10.2. The molecule has 0 aliphatic heterocycles. The molecule has 76 valence electrons. The second kappa shape index (κ2) is 4.12. The second-order valence-corrected chi connectivity index (χ2v) is 3.37. The van der Waals surface area contributed by atoms with Gasteiger partial charge in [0.15, 0.2) is 0 Å². The molecule has 0 fully saturated rings. The molecule has 2 heteroatoms. The predicted octanol–water partition coefficient (Wildman–Crippen LogP) is 3.39. The van der Waals surface area contributed by atoms with Gasteiger partial charge in [-0.25, -0.2) is 4.98 Å². The number of hydrogen-bond acceptors (Lipinski definition) is 1. The minimum absolute atomic E-state index is 0. The van der Waals surface area contributed by atoms with Crippen LogP contribution in [0, 0.1) is 0 Å². The van der Waals surface area contributed by atoms with E-state index in [-0.39, 0.29) is 21.1 Å². The Morgan fingerprint density at radius 1 is 0.667 bits per heavy atom. The maximum absolute atomic E-state index is 4.58. The van der Waals surface area contributed by atoms with Gasteiger partial charge in [-0.15, -0.1) is 0 Å². The fraction of sp³-hybridized carbons (Fsp3) is 0. The standard InChI is InChI=1S/C13H9N.Pt/c1-3-7-12-10(5-1)9-11-6-2-4-8-13(11)14-12;/h1-9H;. The molecule has 0 aliphatic carbocycles. The van der Waals surface area contributed by atoms with Crippen LogP contribution >= 0.6 is 0 Å². The van der Waals surface area contributed by atoms with Crippen molar-refractivity contribution in [1.29, 1.82) is 0 Å². The van der Waals surface area contributed by atoms with Crippen molar-refractivity contribution in [1.82, 2.24) is 4.98 Å². The van der Waals surface area contributed by atoms with Gasteiger partial charge in [0.2, 0.25) is 0 Å². The Bertz CT molecular complexity index is 499. The van der Waals surface area contributed by atoms with Gasteiger partial charge in [0, 0.05) is 31.8 Å². The first kappa shape index (κ1) is 10.3. The van der Waals surface area contributed by atoms with Crippen molar-refractivity contribution in [3.63, 3.8) is 0 Å². The number of aromatic nitrogens is 1. The molecule has 0 amide bonds. The van der Waals surface area contributed by atoms with Crippen molar-refractivity contribution in [2.45, 2.75) is 0 Å². The number of fused-ring (bicyclic) bond motifs is 2. The first-order valence-electron chi connectivity index (χ1n) is 4.68. The normalized spacial score (nSPS) is 10.1. The molecule has 0 N–H and O–H groups in total. The van der Waals surface area contributed by atoms with Crippen molar-refractivity contribution in [2.24, 2.45) is 0 Å². The molecule has 0 atom stereocenters. The second-order valence-electron chi connectivity index (χ2n) is 3.37. The topological polar surface area (TPSA) is 12.9 Å². The Morgan fingerprint density at radius 3 is 1.67 bits per heavy atom. The first-order valence-corrected chi connectivity index (χ1v) is 4.68. The Balaban J connectivity index is 0.000000853. The zero-order valence-electron chi connectivity index (χ0n) is 7.96. The van der Waals surface area contributed by atoms with Crippen LogP contribution in [-0.4, -0.2) is 4.98 Å². The number of pyridine rings is 1. The average molecular weight is 374 g/mol. The van der Waals surface area contributed by atoms with E-state index in [4.69, 9.17) is 0 Å². The summed E-state index contributed by atoms with van der Waals surface area (Å²) in [5, 5.41) is 2.40. The number of rotatable bonds is 0. The van der Waals surface area contributed by atoms with Crippen LogP contribution in [0.3, 0.4) is 0 Å². The molecule has 0 bridgehead atoms. The Labute approximate surface area is 102 Å². The Hall–Kier alpha value is -1.20. The van der Waals surface area contributed by atoms with Crippen LogP contribution in [0.1, 0.15) is 0 Å². The summed E-state index contributed by atoms with van der Waals surface area (Å²) < 4.78 is 0. The smallest absolute Gasteiger partial charge is 0.0709 e. The van der Waals surface area contributed by atoms with Crippen LogP contribution in [-0.2, 0) is 21.1 Å². The maximum atomic E-state index is 4.58. The monoisotopic (exact) mass is 374 g/mol. The van der Waals surface area contributed by atoms with Gasteiger partial charge in [0.05, 0.1) is 11.0 Å². The Morgan fingerprint density at radius 2 is 1.13 bits per heavy atom. The summed E-state index contributed by atoms with van der Waals surface area (Å²) in [5.74, 6) is 0. The summed E-state index contributed by atoms with van der Waals surface area (Å²) in [5.41, 5.74) is 2.12. The largest absolute Gasteiger partial charge is 0.248 e. The fourth-order valence-electron chi connectivity index (χ4n) is 1.72. The third-order valence-corrected chi connectivity index (χ3v) is 2.43. The molecule has 0 saturated heterocycles. The molecule has 0 saturated carbocycles. The van der Waals surface area contributed by atoms with E-state index >= 15 is 0 Å². The molecule has 3 rings (SSSR count). The van der Waals surface area contributed by atoms with E-state index in [1.165, 1.54) is 10.8 Å². The zero-order chi connectivity index (χ0) is 9.38. The van der Waals surface area contributed by atoms with Gasteiger partial charge in [0.1, 0.15) is 0 Å². The molecule has 0 spiro atoms. The molecule has 0 radical (unpaired) electrons. The molecule has 1 heterocycles. The first-order chi connectivity index (χ1) is 6.93. The number of para-hydroxylation sites is 2. The van der Waals surface area contributed by atoms with Gasteiger partial charge in [-0.1, -0.05) is 36.4 Å². The summed E-state index contributed by atoms with van der Waals surface area (Å²) in [6, 6.07) is 18.6. The number of nitrogens with zero attached hydrogens (tertiary/aromatic N) is 1. The van der Waals surface area contributed by atoms with Crippen LogP contribution in [0.15, 0.2) is 54.6 Å². The summed E-state index contributed by atoms with van der Waals surface area (Å²) >= 11 is 0. The SMILES string of the molecule is [Pt].c1ccc2nc3ccccc3cc2c1. The van der Waals surface area contributed by atoms with E-state index in [2.05, 4.69) is 23.2 Å². The minimum atomic E-state index is 0. The molecule has 0 aliphatic rings. The average Bonchev–Trinajstić information content (AvgIpc) is 2.26. The van der Waals surface area contributed by atoms with Gasteiger partial charge in [-0.05, 0) is 18.2 Å². The van der Waals surface area contributed by atoms with Crippen LogP contribution in [0.5, 0.6) is 0 Å². The molecule has 2 aromatic carbocycles.